The zero-order chi connectivity index (χ0) is 8.04. The van der Waals surface area contributed by atoms with Crippen LogP contribution in [0.3, 0.4) is 0 Å². The van der Waals surface area contributed by atoms with Crippen LogP contribution in [0.5, 0.6) is 0 Å². The van der Waals surface area contributed by atoms with Gasteiger partial charge >= 0.3 is 0 Å². The summed E-state index contributed by atoms with van der Waals surface area (Å²) in [5, 5.41) is 0. The van der Waals surface area contributed by atoms with E-state index in [4.69, 9.17) is 14.2 Å². The Morgan fingerprint density at radius 1 is 1.10 bits per heavy atom. The summed E-state index contributed by atoms with van der Waals surface area (Å²) >= 11 is 0. The predicted octanol–water partition coefficient (Wildman–Crippen LogP) is 0.215. The van der Waals surface area contributed by atoms with Crippen LogP contribution in [0.1, 0.15) is 0 Å². The largest absolute Gasteiger partial charge is 0.331 e. The van der Waals surface area contributed by atoms with Crippen molar-refractivity contribution in [1.29, 1.82) is 0 Å². The lowest BCUT2D eigenvalue weighted by Crippen LogP contribution is -2.36. The van der Waals surface area contributed by atoms with Crippen molar-refractivity contribution in [1.82, 2.24) is 0 Å². The van der Waals surface area contributed by atoms with Crippen LogP contribution in [0.15, 0.2) is 0 Å². The molecular weight excluding hydrogens is 148 g/mol. The topological polar surface area (TPSA) is 27.7 Å². The molecule has 0 spiro atoms. The van der Waals surface area contributed by atoms with Gasteiger partial charge in [0.2, 0.25) is 0 Å². The number of rotatable bonds is 5. The highest BCUT2D eigenvalue weighted by molar-refractivity contribution is 6.33. The van der Waals surface area contributed by atoms with Gasteiger partial charge in [0.1, 0.15) is 0 Å². The molecule has 0 radical (unpaired) electrons. The Morgan fingerprint density at radius 2 is 1.50 bits per heavy atom. The van der Waals surface area contributed by atoms with E-state index in [2.05, 4.69) is 6.55 Å². The highest BCUT2D eigenvalue weighted by atomic mass is 28.2. The molecule has 0 rings (SSSR count). The fourth-order valence-corrected chi connectivity index (χ4v) is 2.09. The van der Waals surface area contributed by atoms with Crippen molar-refractivity contribution in [2.75, 3.05) is 21.3 Å². The lowest BCUT2D eigenvalue weighted by atomic mass is 10.6. The van der Waals surface area contributed by atoms with Gasteiger partial charge in [-0.25, -0.2) is 0 Å². The van der Waals surface area contributed by atoms with E-state index in [-0.39, 0.29) is 9.52 Å². The van der Waals surface area contributed by atoms with E-state index in [0.29, 0.717) is 0 Å². The minimum atomic E-state index is -0.763. The maximum atomic E-state index is 5.07. The van der Waals surface area contributed by atoms with E-state index in [1.807, 2.05) is 0 Å². The van der Waals surface area contributed by atoms with Crippen molar-refractivity contribution < 1.29 is 14.2 Å². The molecule has 0 aliphatic rings. The van der Waals surface area contributed by atoms with Crippen LogP contribution in [0.4, 0.5) is 0 Å². The Labute approximate surface area is 64.5 Å². The van der Waals surface area contributed by atoms with Crippen LogP contribution >= 0.6 is 0 Å². The molecule has 0 saturated heterocycles. The van der Waals surface area contributed by atoms with Crippen LogP contribution < -0.4 is 0 Å². The fourth-order valence-electron chi connectivity index (χ4n) is 0.862. The van der Waals surface area contributed by atoms with Crippen molar-refractivity contribution >= 4 is 9.52 Å². The monoisotopic (exact) mass is 164 g/mol. The zero-order valence-corrected chi connectivity index (χ0v) is 8.55. The van der Waals surface area contributed by atoms with E-state index in [1.54, 1.807) is 21.3 Å². The number of hydrogen-bond donors (Lipinski definition) is 0. The molecule has 0 amide bonds. The average Bonchev–Trinajstić information content (AvgIpc) is 2.01. The van der Waals surface area contributed by atoms with Crippen molar-refractivity contribution in [2.24, 2.45) is 0 Å². The molecular formula is C6H16O3Si. The minimum absolute atomic E-state index is 0.0981. The first-order chi connectivity index (χ1) is 4.74. The Hall–Kier alpha value is 0.0969. The summed E-state index contributed by atoms with van der Waals surface area (Å²) in [5.41, 5.74) is 0. The van der Waals surface area contributed by atoms with Gasteiger partial charge in [-0.3, -0.25) is 0 Å². The fraction of sp³-hybridized carbons (Fsp3) is 1.00. The van der Waals surface area contributed by atoms with E-state index in [1.165, 1.54) is 0 Å². The molecule has 0 aliphatic carbocycles. The maximum absolute atomic E-state index is 5.07. The highest BCUT2D eigenvalue weighted by Crippen LogP contribution is 2.16. The summed E-state index contributed by atoms with van der Waals surface area (Å²) in [6.07, 6.45) is 0. The second-order valence-electron chi connectivity index (χ2n) is 2.05. The first-order valence-corrected chi connectivity index (χ1v) is 5.81. The highest BCUT2D eigenvalue weighted by Gasteiger charge is 2.27. The molecule has 0 bridgehead atoms. The summed E-state index contributed by atoms with van der Waals surface area (Å²) in [5.74, 6) is -0.763. The molecule has 0 N–H and O–H groups in total. The lowest BCUT2D eigenvalue weighted by Gasteiger charge is -2.27. The minimum Gasteiger partial charge on any atom is -0.331 e. The standard InChI is InChI=1S/C6H16O3Si/c1-7-6(8-2,9-3)5-10-4/h5,10H2,1-4H3. The van der Waals surface area contributed by atoms with Gasteiger partial charge in [-0.05, 0) is 0 Å². The summed E-state index contributed by atoms with van der Waals surface area (Å²) in [6, 6.07) is 0.885. The van der Waals surface area contributed by atoms with E-state index in [0.717, 1.165) is 6.04 Å². The lowest BCUT2D eigenvalue weighted by molar-refractivity contribution is -0.339. The van der Waals surface area contributed by atoms with Crippen LogP contribution in [0.25, 0.3) is 0 Å². The second kappa shape index (κ2) is 4.84. The molecule has 0 fully saturated rings. The molecule has 0 saturated carbocycles. The normalized spacial score (nSPS) is 13.2. The van der Waals surface area contributed by atoms with Gasteiger partial charge in [-0.2, -0.15) is 0 Å². The SMILES string of the molecule is COC(C[SiH2]C)(OC)OC. The number of ether oxygens (including phenoxy) is 3. The van der Waals surface area contributed by atoms with E-state index >= 15 is 0 Å². The van der Waals surface area contributed by atoms with E-state index < -0.39 is 5.97 Å². The van der Waals surface area contributed by atoms with Gasteiger partial charge in [-0.1, -0.05) is 6.55 Å². The number of hydrogen-bond acceptors (Lipinski definition) is 3. The van der Waals surface area contributed by atoms with Gasteiger partial charge in [0, 0.05) is 36.9 Å². The third-order valence-electron chi connectivity index (χ3n) is 1.49. The molecule has 3 nitrogen and oxygen atoms in total. The summed E-state index contributed by atoms with van der Waals surface area (Å²) in [7, 11) is 4.68. The second-order valence-corrected chi connectivity index (χ2v) is 3.55. The quantitative estimate of drug-likeness (QED) is 0.429. The Bertz CT molecular complexity index is 74.8. The average molecular weight is 164 g/mol. The van der Waals surface area contributed by atoms with Gasteiger partial charge < -0.3 is 14.2 Å². The zero-order valence-electron chi connectivity index (χ0n) is 7.14. The van der Waals surface area contributed by atoms with Crippen LogP contribution in [0.2, 0.25) is 12.6 Å². The summed E-state index contributed by atoms with van der Waals surface area (Å²) in [6.45, 7) is 2.19. The van der Waals surface area contributed by atoms with Gasteiger partial charge in [0.05, 0.1) is 0 Å². The van der Waals surface area contributed by atoms with Gasteiger partial charge in [-0.15, -0.1) is 0 Å². The predicted molar refractivity (Wildman–Crippen MR) is 43.0 cm³/mol. The Balaban J connectivity index is 3.87. The molecule has 0 atom stereocenters. The van der Waals surface area contributed by atoms with Crippen LogP contribution in [0, 0.1) is 0 Å². The Morgan fingerprint density at radius 3 is 1.60 bits per heavy atom. The van der Waals surface area contributed by atoms with Crippen LogP contribution in [-0.2, 0) is 14.2 Å². The van der Waals surface area contributed by atoms with Gasteiger partial charge in [0.15, 0.2) is 0 Å². The molecule has 0 aromatic carbocycles. The maximum Gasteiger partial charge on any atom is 0.278 e. The third-order valence-corrected chi connectivity index (χ3v) is 2.60. The van der Waals surface area contributed by atoms with Crippen LogP contribution in [-0.4, -0.2) is 36.8 Å². The smallest absolute Gasteiger partial charge is 0.278 e. The molecule has 4 heteroatoms. The molecule has 10 heavy (non-hydrogen) atoms. The molecule has 0 aromatic rings. The Kier molecular flexibility index (Phi) is 4.89. The third kappa shape index (κ3) is 2.38. The first-order valence-electron chi connectivity index (χ1n) is 3.40. The summed E-state index contributed by atoms with van der Waals surface area (Å²) in [4.78, 5) is 0. The van der Waals surface area contributed by atoms with Crippen molar-refractivity contribution in [3.63, 3.8) is 0 Å². The van der Waals surface area contributed by atoms with Gasteiger partial charge in [0.25, 0.3) is 5.97 Å². The molecule has 0 unspecified atom stereocenters. The molecule has 0 aliphatic heterocycles. The van der Waals surface area contributed by atoms with Crippen molar-refractivity contribution in [3.05, 3.63) is 0 Å². The summed E-state index contributed by atoms with van der Waals surface area (Å²) < 4.78 is 15.2. The van der Waals surface area contributed by atoms with Crippen molar-refractivity contribution in [3.8, 4) is 0 Å². The first kappa shape index (κ1) is 10.1. The number of methoxy groups -OCH3 is 3. The molecule has 0 heterocycles. The van der Waals surface area contributed by atoms with E-state index in [9.17, 15) is 0 Å². The molecule has 62 valence electrons. The molecule has 0 aromatic heterocycles. The van der Waals surface area contributed by atoms with Crippen molar-refractivity contribution in [2.45, 2.75) is 18.6 Å².